The van der Waals surface area contributed by atoms with E-state index >= 15 is 0 Å². The molecular formula is C9H11BrN5+. The molecule has 0 amide bonds. The van der Waals surface area contributed by atoms with Gasteiger partial charge in [0.2, 0.25) is 11.5 Å². The third-order valence-electron chi connectivity index (χ3n) is 2.87. The van der Waals surface area contributed by atoms with Crippen molar-refractivity contribution in [3.05, 3.63) is 23.9 Å². The summed E-state index contributed by atoms with van der Waals surface area (Å²) in [4.78, 5) is 10.8. The van der Waals surface area contributed by atoms with Gasteiger partial charge in [-0.05, 0) is 6.42 Å². The average Bonchev–Trinajstić information content (AvgIpc) is 2.38. The molecule has 0 aromatic carbocycles. The van der Waals surface area contributed by atoms with Crippen molar-refractivity contribution in [3.8, 4) is 0 Å². The van der Waals surface area contributed by atoms with Crippen LogP contribution in [-0.4, -0.2) is 33.5 Å². The van der Waals surface area contributed by atoms with Gasteiger partial charge in [-0.3, -0.25) is 4.99 Å². The van der Waals surface area contributed by atoms with Crippen LogP contribution in [-0.2, 0) is 0 Å². The molecule has 3 heterocycles. The molecule has 3 aliphatic rings. The van der Waals surface area contributed by atoms with Crippen molar-refractivity contribution in [2.24, 2.45) is 15.8 Å². The number of hydrogen-bond acceptors (Lipinski definition) is 4. The van der Waals surface area contributed by atoms with Crippen molar-refractivity contribution in [2.75, 3.05) is 13.1 Å². The Morgan fingerprint density at radius 2 is 2.27 bits per heavy atom. The van der Waals surface area contributed by atoms with Gasteiger partial charge >= 0.3 is 4.74 Å². The van der Waals surface area contributed by atoms with Crippen LogP contribution in [0.2, 0.25) is 0 Å². The van der Waals surface area contributed by atoms with Crippen LogP contribution in [0, 0.1) is 0 Å². The molecule has 1 atom stereocenters. The number of allylic oxidation sites excluding steroid dienone is 1. The molecule has 1 saturated heterocycles. The molecule has 5 nitrogen and oxygen atoms in total. The maximum absolute atomic E-state index is 6.21. The summed E-state index contributed by atoms with van der Waals surface area (Å²) < 4.78 is 0.816. The van der Waals surface area contributed by atoms with E-state index in [1.807, 2.05) is 6.20 Å². The molecule has 0 saturated carbocycles. The van der Waals surface area contributed by atoms with Gasteiger partial charge in [0.15, 0.2) is 0 Å². The minimum absolute atomic E-state index is 0.106. The number of likely N-dealkylation sites (tertiary alicyclic amines) is 1. The number of nitrogens with two attached hydrogens (primary N) is 1. The van der Waals surface area contributed by atoms with Gasteiger partial charge in [0, 0.05) is 29.0 Å². The summed E-state index contributed by atoms with van der Waals surface area (Å²) >= 11 is 3.41. The van der Waals surface area contributed by atoms with Gasteiger partial charge in [-0.15, -0.1) is 4.59 Å². The smallest absolute Gasteiger partial charge is 0.302 e. The third kappa shape index (κ3) is 1.15. The third-order valence-corrected chi connectivity index (χ3v) is 3.64. The Morgan fingerprint density at radius 3 is 2.93 bits per heavy atom. The van der Waals surface area contributed by atoms with Crippen molar-refractivity contribution in [2.45, 2.75) is 6.42 Å². The second-order valence-electron chi connectivity index (χ2n) is 3.78. The highest BCUT2D eigenvalue weighted by atomic mass is 79.9. The number of quaternary nitrogens is 1. The second kappa shape index (κ2) is 3.01. The Labute approximate surface area is 96.0 Å². The van der Waals surface area contributed by atoms with E-state index in [2.05, 4.69) is 30.8 Å². The zero-order valence-electron chi connectivity index (χ0n) is 8.10. The molecule has 0 radical (unpaired) electrons. The molecule has 3 rings (SSSR count). The molecular weight excluding hydrogens is 258 g/mol. The number of halogens is 1. The van der Waals surface area contributed by atoms with Crippen molar-refractivity contribution < 1.29 is 4.59 Å². The van der Waals surface area contributed by atoms with Gasteiger partial charge in [0.05, 0.1) is 12.4 Å². The maximum atomic E-state index is 6.21. The SMILES string of the molecule is N[N+]12C=CN=CC1=C(N1CCC1)N=C2Br. The summed E-state index contributed by atoms with van der Waals surface area (Å²) in [7, 11) is 0. The highest BCUT2D eigenvalue weighted by Gasteiger charge is 2.44. The van der Waals surface area contributed by atoms with E-state index in [0.29, 0.717) is 4.74 Å². The van der Waals surface area contributed by atoms with Crippen molar-refractivity contribution >= 4 is 26.9 Å². The van der Waals surface area contributed by atoms with Gasteiger partial charge in [0.1, 0.15) is 6.20 Å². The Hall–Kier alpha value is -0.980. The molecule has 0 spiro atoms. The summed E-state index contributed by atoms with van der Waals surface area (Å²) in [5.41, 5.74) is 0.934. The van der Waals surface area contributed by atoms with E-state index in [0.717, 1.165) is 24.6 Å². The summed E-state index contributed by atoms with van der Waals surface area (Å²) in [6.45, 7) is 2.11. The number of rotatable bonds is 1. The van der Waals surface area contributed by atoms with Gasteiger partial charge < -0.3 is 4.90 Å². The van der Waals surface area contributed by atoms with E-state index in [9.17, 15) is 0 Å². The fourth-order valence-corrected chi connectivity index (χ4v) is 2.28. The topological polar surface area (TPSA) is 54.0 Å². The van der Waals surface area contributed by atoms with Crippen molar-refractivity contribution in [1.82, 2.24) is 4.90 Å². The van der Waals surface area contributed by atoms with Crippen LogP contribution in [0.5, 0.6) is 0 Å². The molecule has 0 aromatic rings. The summed E-state index contributed by atoms with van der Waals surface area (Å²) in [5, 5.41) is 0. The molecule has 3 aliphatic heterocycles. The van der Waals surface area contributed by atoms with Crippen LogP contribution in [0.25, 0.3) is 0 Å². The number of fused-ring (bicyclic) bond motifs is 1. The fourth-order valence-electron chi connectivity index (χ4n) is 1.81. The Kier molecular flexibility index (Phi) is 1.86. The Balaban J connectivity index is 2.09. The Morgan fingerprint density at radius 1 is 1.47 bits per heavy atom. The zero-order valence-corrected chi connectivity index (χ0v) is 9.68. The first-order chi connectivity index (χ1) is 7.22. The number of nitrogens with zero attached hydrogens (tertiary/aromatic N) is 4. The summed E-state index contributed by atoms with van der Waals surface area (Å²) in [6, 6.07) is 0. The van der Waals surface area contributed by atoms with Gasteiger partial charge in [-0.2, -0.15) is 10.8 Å². The largest absolute Gasteiger partial charge is 0.351 e. The molecule has 6 heteroatoms. The van der Waals surface area contributed by atoms with E-state index in [1.165, 1.54) is 6.42 Å². The number of aliphatic imine (C=N–C) groups is 2. The van der Waals surface area contributed by atoms with Crippen molar-refractivity contribution in [1.29, 1.82) is 0 Å². The van der Waals surface area contributed by atoms with Gasteiger partial charge in [0.25, 0.3) is 0 Å². The van der Waals surface area contributed by atoms with E-state index in [-0.39, 0.29) is 4.59 Å². The second-order valence-corrected chi connectivity index (χ2v) is 4.49. The molecule has 0 aromatic heterocycles. The van der Waals surface area contributed by atoms with Crippen LogP contribution in [0.1, 0.15) is 6.42 Å². The number of hydrogen-bond donors (Lipinski definition) is 1. The number of amidine groups is 1. The standard InChI is InChI=1S/C9H11BrN5/c10-9-13-8(14-3-1-4-14)7-6-12-2-5-15(7,9)11/h2,5-6H,1,3-4,11H2/q+1. The zero-order chi connectivity index (χ0) is 10.5. The van der Waals surface area contributed by atoms with Crippen LogP contribution < -0.4 is 5.84 Å². The highest BCUT2D eigenvalue weighted by molar-refractivity contribution is 9.18. The first kappa shape index (κ1) is 9.26. The lowest BCUT2D eigenvalue weighted by molar-refractivity contribution is -0.747. The molecule has 0 bridgehead atoms. The predicted octanol–water partition coefficient (Wildman–Crippen LogP) is 0.872. The van der Waals surface area contributed by atoms with Crippen LogP contribution in [0.15, 0.2) is 33.9 Å². The lowest BCUT2D eigenvalue weighted by atomic mass is 10.2. The van der Waals surface area contributed by atoms with E-state index in [1.54, 1.807) is 12.4 Å². The minimum atomic E-state index is 0.106. The minimum Gasteiger partial charge on any atom is -0.351 e. The molecule has 2 N–H and O–H groups in total. The van der Waals surface area contributed by atoms with E-state index < -0.39 is 0 Å². The summed E-state index contributed by atoms with van der Waals surface area (Å²) in [6.07, 6.45) is 6.52. The molecule has 1 unspecified atom stereocenters. The lowest BCUT2D eigenvalue weighted by Gasteiger charge is -2.32. The highest BCUT2D eigenvalue weighted by Crippen LogP contribution is 2.33. The quantitative estimate of drug-likeness (QED) is 0.436. The van der Waals surface area contributed by atoms with Crippen LogP contribution in [0.4, 0.5) is 0 Å². The summed E-state index contributed by atoms with van der Waals surface area (Å²) in [5.74, 6) is 7.16. The van der Waals surface area contributed by atoms with Gasteiger partial charge in [-0.1, -0.05) is 0 Å². The first-order valence-corrected chi connectivity index (χ1v) is 5.64. The molecule has 15 heavy (non-hydrogen) atoms. The normalized spacial score (nSPS) is 32.9. The lowest BCUT2D eigenvalue weighted by Crippen LogP contribution is -2.51. The van der Waals surface area contributed by atoms with E-state index in [4.69, 9.17) is 5.84 Å². The molecule has 78 valence electrons. The monoisotopic (exact) mass is 268 g/mol. The Bertz CT molecular complexity index is 432. The molecule has 0 aliphatic carbocycles. The average molecular weight is 269 g/mol. The predicted molar refractivity (Wildman–Crippen MR) is 61.7 cm³/mol. The first-order valence-electron chi connectivity index (χ1n) is 4.84. The van der Waals surface area contributed by atoms with Gasteiger partial charge in [-0.25, -0.2) is 0 Å². The van der Waals surface area contributed by atoms with Crippen LogP contribution >= 0.6 is 15.9 Å². The van der Waals surface area contributed by atoms with Crippen LogP contribution in [0.3, 0.4) is 0 Å². The maximum Gasteiger partial charge on any atom is 0.302 e. The molecule has 1 fully saturated rings. The fraction of sp³-hybridized carbons (Fsp3) is 0.333. The van der Waals surface area contributed by atoms with Crippen molar-refractivity contribution in [3.63, 3.8) is 0 Å².